The van der Waals surface area contributed by atoms with Crippen LogP contribution >= 0.6 is 11.6 Å². The second kappa shape index (κ2) is 7.23. The van der Waals surface area contributed by atoms with Crippen molar-refractivity contribution in [1.82, 2.24) is 0 Å². The van der Waals surface area contributed by atoms with Crippen molar-refractivity contribution in [2.45, 2.75) is 51.4 Å². The number of nitro benzene ring substituents is 1. The number of hydrogen-bond donors (Lipinski definition) is 1. The highest BCUT2D eigenvalue weighted by atomic mass is 35.5. The quantitative estimate of drug-likeness (QED) is 0.658. The van der Waals surface area contributed by atoms with Crippen LogP contribution in [0, 0.1) is 15.5 Å². The third-order valence-electron chi connectivity index (χ3n) is 4.69. The van der Waals surface area contributed by atoms with E-state index in [1.807, 2.05) is 0 Å². The van der Waals surface area contributed by atoms with Gasteiger partial charge in [-0.25, -0.2) is 0 Å². The molecule has 4 nitrogen and oxygen atoms in total. The van der Waals surface area contributed by atoms with Crippen LogP contribution in [0.5, 0.6) is 0 Å². The normalized spacial score (nSPS) is 18.8. The number of benzene rings is 1. The maximum Gasteiger partial charge on any atom is 0.274 e. The summed E-state index contributed by atoms with van der Waals surface area (Å²) in [6, 6.07) is 4.91. The maximum absolute atomic E-state index is 11.2. The fourth-order valence-electron chi connectivity index (χ4n) is 3.38. The van der Waals surface area contributed by atoms with Crippen molar-refractivity contribution in [1.29, 1.82) is 0 Å². The molecule has 1 aliphatic rings. The van der Waals surface area contributed by atoms with Gasteiger partial charge in [-0.2, -0.15) is 0 Å². The molecule has 0 aliphatic heterocycles. The molecule has 5 heteroatoms. The predicted molar refractivity (Wildman–Crippen MR) is 85.6 cm³/mol. The third-order valence-corrected chi connectivity index (χ3v) is 5.04. The first-order valence-corrected chi connectivity index (χ1v) is 8.08. The van der Waals surface area contributed by atoms with Crippen molar-refractivity contribution >= 4 is 17.3 Å². The Morgan fingerprint density at radius 1 is 1.19 bits per heavy atom. The van der Waals surface area contributed by atoms with Crippen LogP contribution in [-0.2, 0) is 6.42 Å². The third kappa shape index (κ3) is 3.95. The summed E-state index contributed by atoms with van der Waals surface area (Å²) in [5.74, 6) is 0. The summed E-state index contributed by atoms with van der Waals surface area (Å²) in [7, 11) is 0. The van der Waals surface area contributed by atoms with Gasteiger partial charge in [-0.05, 0) is 37.3 Å². The zero-order valence-electron chi connectivity index (χ0n) is 12.3. The van der Waals surface area contributed by atoms with Gasteiger partial charge in [-0.15, -0.1) is 0 Å². The summed E-state index contributed by atoms with van der Waals surface area (Å²) >= 11 is 6.24. The van der Waals surface area contributed by atoms with Crippen molar-refractivity contribution in [2.24, 2.45) is 11.1 Å². The van der Waals surface area contributed by atoms with Crippen molar-refractivity contribution < 1.29 is 4.92 Å². The number of nitrogens with two attached hydrogens (primary N) is 1. The Kier molecular flexibility index (Phi) is 5.59. The minimum atomic E-state index is -0.339. The van der Waals surface area contributed by atoms with E-state index in [1.54, 1.807) is 12.1 Å². The van der Waals surface area contributed by atoms with E-state index < -0.39 is 0 Å². The molecule has 21 heavy (non-hydrogen) atoms. The highest BCUT2D eigenvalue weighted by molar-refractivity contribution is 6.31. The van der Waals surface area contributed by atoms with E-state index in [2.05, 4.69) is 0 Å². The first-order valence-electron chi connectivity index (χ1n) is 7.70. The SMILES string of the molecule is NCC1(Cc2c(Cl)cccc2[N+](=O)[O-])CCCCCCC1. The van der Waals surface area contributed by atoms with Crippen LogP contribution in [0.4, 0.5) is 5.69 Å². The molecule has 0 spiro atoms. The first-order chi connectivity index (χ1) is 10.1. The molecule has 1 saturated carbocycles. The molecule has 0 bridgehead atoms. The molecule has 0 heterocycles. The zero-order chi connectivity index (χ0) is 15.3. The van der Waals surface area contributed by atoms with Crippen molar-refractivity contribution in [3.05, 3.63) is 38.9 Å². The Hall–Kier alpha value is -1.13. The van der Waals surface area contributed by atoms with E-state index >= 15 is 0 Å². The monoisotopic (exact) mass is 310 g/mol. The van der Waals surface area contributed by atoms with Crippen molar-refractivity contribution in [2.75, 3.05) is 6.54 Å². The van der Waals surface area contributed by atoms with Crippen LogP contribution in [0.3, 0.4) is 0 Å². The molecule has 1 aromatic rings. The minimum absolute atomic E-state index is 0.0455. The zero-order valence-corrected chi connectivity index (χ0v) is 13.1. The lowest BCUT2D eigenvalue weighted by molar-refractivity contribution is -0.385. The summed E-state index contributed by atoms with van der Waals surface area (Å²) in [4.78, 5) is 10.9. The number of halogens is 1. The van der Waals surface area contributed by atoms with Gasteiger partial charge in [0.2, 0.25) is 0 Å². The summed E-state index contributed by atoms with van der Waals surface area (Å²) in [6.07, 6.45) is 8.72. The molecule has 116 valence electrons. The number of rotatable bonds is 4. The lowest BCUT2D eigenvalue weighted by Gasteiger charge is -2.34. The molecule has 1 fully saturated rings. The molecular formula is C16H23ClN2O2. The molecule has 1 aliphatic carbocycles. The van der Waals surface area contributed by atoms with Crippen LogP contribution in [0.15, 0.2) is 18.2 Å². The van der Waals surface area contributed by atoms with Crippen molar-refractivity contribution in [3.8, 4) is 0 Å². The first kappa shape index (κ1) is 16.2. The smallest absolute Gasteiger partial charge is 0.274 e. The summed E-state index contributed by atoms with van der Waals surface area (Å²) in [5.41, 5.74) is 6.80. The van der Waals surface area contributed by atoms with Gasteiger partial charge >= 0.3 is 0 Å². The number of nitrogens with zero attached hydrogens (tertiary/aromatic N) is 1. The second-order valence-corrected chi connectivity index (χ2v) is 6.55. The van der Waals surface area contributed by atoms with Crippen molar-refractivity contribution in [3.63, 3.8) is 0 Å². The molecule has 0 amide bonds. The molecule has 0 radical (unpaired) electrons. The van der Waals surface area contributed by atoms with Gasteiger partial charge in [-0.3, -0.25) is 10.1 Å². The lowest BCUT2D eigenvalue weighted by atomic mass is 9.72. The van der Waals surface area contributed by atoms with Crippen LogP contribution in [0.1, 0.15) is 50.5 Å². The van der Waals surface area contributed by atoms with Gasteiger partial charge in [0.15, 0.2) is 0 Å². The highest BCUT2D eigenvalue weighted by Crippen LogP contribution is 2.40. The van der Waals surface area contributed by atoms with Crippen LogP contribution in [-0.4, -0.2) is 11.5 Å². The molecule has 1 aromatic carbocycles. The molecule has 2 N–H and O–H groups in total. The molecule has 0 saturated heterocycles. The number of nitro groups is 1. The fraction of sp³-hybridized carbons (Fsp3) is 0.625. The standard InChI is InChI=1S/C16H23ClN2O2/c17-14-7-6-8-15(19(20)21)13(14)11-16(12-18)9-4-2-1-3-5-10-16/h6-8H,1-5,9-12,18H2. The van der Waals surface area contributed by atoms with E-state index in [-0.39, 0.29) is 16.0 Å². The van der Waals surface area contributed by atoms with Crippen LogP contribution < -0.4 is 5.73 Å². The summed E-state index contributed by atoms with van der Waals surface area (Å²) in [6.45, 7) is 0.565. The van der Waals surface area contributed by atoms with Crippen LogP contribution in [0.25, 0.3) is 0 Å². The van der Waals surface area contributed by atoms with Gasteiger partial charge in [0.1, 0.15) is 0 Å². The Labute approximate surface area is 130 Å². The van der Waals surface area contributed by atoms with E-state index in [0.717, 1.165) is 25.7 Å². The van der Waals surface area contributed by atoms with E-state index in [4.69, 9.17) is 17.3 Å². The Morgan fingerprint density at radius 3 is 2.38 bits per heavy atom. The van der Waals surface area contributed by atoms with E-state index in [0.29, 0.717) is 23.6 Å². The molecular weight excluding hydrogens is 288 g/mol. The van der Waals surface area contributed by atoms with Gasteiger partial charge in [0, 0.05) is 11.6 Å². The predicted octanol–water partition coefficient (Wildman–Crippen LogP) is 4.48. The highest BCUT2D eigenvalue weighted by Gasteiger charge is 2.32. The largest absolute Gasteiger partial charge is 0.330 e. The van der Waals surface area contributed by atoms with Crippen LogP contribution in [0.2, 0.25) is 5.02 Å². The Balaban J connectivity index is 2.30. The van der Waals surface area contributed by atoms with Gasteiger partial charge in [0.25, 0.3) is 5.69 Å². The number of hydrogen-bond acceptors (Lipinski definition) is 3. The Bertz CT molecular complexity index is 497. The molecule has 0 unspecified atom stereocenters. The molecule has 2 rings (SSSR count). The Morgan fingerprint density at radius 2 is 1.81 bits per heavy atom. The molecule has 0 atom stereocenters. The average Bonchev–Trinajstić information content (AvgIpc) is 2.43. The van der Waals surface area contributed by atoms with Gasteiger partial charge in [-0.1, -0.05) is 49.8 Å². The van der Waals surface area contributed by atoms with Gasteiger partial charge < -0.3 is 5.73 Å². The van der Waals surface area contributed by atoms with E-state index in [9.17, 15) is 10.1 Å². The minimum Gasteiger partial charge on any atom is -0.330 e. The summed E-state index contributed by atoms with van der Waals surface area (Å²) in [5, 5.41) is 11.7. The topological polar surface area (TPSA) is 69.2 Å². The fourth-order valence-corrected chi connectivity index (χ4v) is 3.61. The maximum atomic E-state index is 11.2. The van der Waals surface area contributed by atoms with Gasteiger partial charge in [0.05, 0.1) is 9.95 Å². The second-order valence-electron chi connectivity index (χ2n) is 6.14. The lowest BCUT2D eigenvalue weighted by Crippen LogP contribution is -2.34. The average molecular weight is 311 g/mol. The van der Waals surface area contributed by atoms with E-state index in [1.165, 1.54) is 25.3 Å². The summed E-state index contributed by atoms with van der Waals surface area (Å²) < 4.78 is 0. The molecule has 0 aromatic heterocycles.